The third-order valence-corrected chi connectivity index (χ3v) is 5.09. The van der Waals surface area contributed by atoms with E-state index in [0.717, 1.165) is 22.6 Å². The number of pyridine rings is 1. The molecular formula is C16H15ClN2OS. The van der Waals surface area contributed by atoms with Crippen molar-refractivity contribution in [1.29, 1.82) is 0 Å². The number of benzene rings is 1. The van der Waals surface area contributed by atoms with Crippen LogP contribution in [0.2, 0.25) is 5.02 Å². The number of hydrogen-bond acceptors (Lipinski definition) is 3. The van der Waals surface area contributed by atoms with Gasteiger partial charge in [-0.2, -0.15) is 0 Å². The van der Waals surface area contributed by atoms with E-state index in [9.17, 15) is 4.79 Å². The maximum Gasteiger partial charge on any atom is 0.233 e. The Bertz CT molecular complexity index is 635. The number of carbonyl (C=O) groups excluding carboxylic acids is 1. The monoisotopic (exact) mass is 318 g/mol. The van der Waals surface area contributed by atoms with Gasteiger partial charge in [0.25, 0.3) is 0 Å². The predicted molar refractivity (Wildman–Crippen MR) is 86.3 cm³/mol. The molecule has 1 atom stereocenters. The van der Waals surface area contributed by atoms with E-state index in [-0.39, 0.29) is 11.3 Å². The van der Waals surface area contributed by atoms with E-state index in [4.69, 9.17) is 11.6 Å². The highest BCUT2D eigenvalue weighted by molar-refractivity contribution is 8.00. The van der Waals surface area contributed by atoms with Crippen molar-refractivity contribution in [3.8, 4) is 0 Å². The summed E-state index contributed by atoms with van der Waals surface area (Å²) in [6.45, 7) is 0.688. The van der Waals surface area contributed by atoms with Gasteiger partial charge in [-0.15, -0.1) is 11.8 Å². The average Bonchev–Trinajstić information content (AvgIpc) is 2.88. The Morgan fingerprint density at radius 1 is 1.29 bits per heavy atom. The van der Waals surface area contributed by atoms with Crippen molar-refractivity contribution in [1.82, 2.24) is 9.88 Å². The topological polar surface area (TPSA) is 33.2 Å². The Balaban J connectivity index is 1.76. The first kappa shape index (κ1) is 14.4. The Morgan fingerprint density at radius 3 is 2.90 bits per heavy atom. The molecule has 1 amide bonds. The highest BCUT2D eigenvalue weighted by atomic mass is 35.5. The summed E-state index contributed by atoms with van der Waals surface area (Å²) in [4.78, 5) is 18.2. The molecule has 1 unspecified atom stereocenters. The summed E-state index contributed by atoms with van der Waals surface area (Å²) in [5.74, 6) is 0.692. The standard InChI is InChI=1S/C16H15ClN2OS/c17-14-6-2-1-5-13(14)16-19(15(20)11-21-16)9-7-12-4-3-8-18-10-12/h1-6,8,10,16H,7,9,11H2. The molecule has 108 valence electrons. The zero-order valence-electron chi connectivity index (χ0n) is 11.4. The van der Waals surface area contributed by atoms with Crippen LogP contribution in [-0.4, -0.2) is 28.1 Å². The highest BCUT2D eigenvalue weighted by Crippen LogP contribution is 2.41. The van der Waals surface area contributed by atoms with Crippen LogP contribution in [0.4, 0.5) is 0 Å². The smallest absolute Gasteiger partial charge is 0.233 e. The number of nitrogens with zero attached hydrogens (tertiary/aromatic N) is 2. The zero-order chi connectivity index (χ0) is 14.7. The summed E-state index contributed by atoms with van der Waals surface area (Å²) in [5, 5.41) is 0.735. The van der Waals surface area contributed by atoms with Crippen LogP contribution in [-0.2, 0) is 11.2 Å². The molecule has 21 heavy (non-hydrogen) atoms. The molecule has 0 spiro atoms. The number of hydrogen-bond donors (Lipinski definition) is 0. The van der Waals surface area contributed by atoms with Crippen LogP contribution in [0.1, 0.15) is 16.5 Å². The fourth-order valence-electron chi connectivity index (χ4n) is 2.42. The van der Waals surface area contributed by atoms with Gasteiger partial charge in [-0.05, 0) is 24.1 Å². The second-order valence-electron chi connectivity index (χ2n) is 4.88. The number of halogens is 1. The lowest BCUT2D eigenvalue weighted by Crippen LogP contribution is -2.30. The Hall–Kier alpha value is -1.52. The van der Waals surface area contributed by atoms with Crippen LogP contribution in [0.15, 0.2) is 48.8 Å². The van der Waals surface area contributed by atoms with Crippen LogP contribution < -0.4 is 0 Å². The third kappa shape index (κ3) is 3.22. The molecule has 0 N–H and O–H groups in total. The largest absolute Gasteiger partial charge is 0.325 e. The molecule has 1 fully saturated rings. The normalized spacial score (nSPS) is 18.2. The van der Waals surface area contributed by atoms with Crippen molar-refractivity contribution in [3.63, 3.8) is 0 Å². The average molecular weight is 319 g/mol. The van der Waals surface area contributed by atoms with Gasteiger partial charge in [-0.25, -0.2) is 0 Å². The van der Waals surface area contributed by atoms with Gasteiger partial charge in [0.1, 0.15) is 5.37 Å². The lowest BCUT2D eigenvalue weighted by molar-refractivity contribution is -0.128. The number of rotatable bonds is 4. The van der Waals surface area contributed by atoms with E-state index < -0.39 is 0 Å². The highest BCUT2D eigenvalue weighted by Gasteiger charge is 2.33. The van der Waals surface area contributed by atoms with E-state index in [0.29, 0.717) is 12.3 Å². The predicted octanol–water partition coefficient (Wildman–Crippen LogP) is 3.55. The molecule has 1 aliphatic heterocycles. The summed E-state index contributed by atoms with van der Waals surface area (Å²) in [6, 6.07) is 11.7. The summed E-state index contributed by atoms with van der Waals surface area (Å²) in [6.07, 6.45) is 4.41. The number of aromatic nitrogens is 1. The van der Waals surface area contributed by atoms with E-state index in [2.05, 4.69) is 4.98 Å². The van der Waals surface area contributed by atoms with Crippen molar-refractivity contribution in [3.05, 3.63) is 64.9 Å². The van der Waals surface area contributed by atoms with Crippen LogP contribution >= 0.6 is 23.4 Å². The van der Waals surface area contributed by atoms with Crippen molar-refractivity contribution in [2.24, 2.45) is 0 Å². The van der Waals surface area contributed by atoms with E-state index >= 15 is 0 Å². The fraction of sp³-hybridized carbons (Fsp3) is 0.250. The zero-order valence-corrected chi connectivity index (χ0v) is 13.0. The summed E-state index contributed by atoms with van der Waals surface area (Å²) < 4.78 is 0. The quantitative estimate of drug-likeness (QED) is 0.864. The molecule has 2 aromatic rings. The van der Waals surface area contributed by atoms with Crippen molar-refractivity contribution >= 4 is 29.3 Å². The van der Waals surface area contributed by atoms with Gasteiger partial charge >= 0.3 is 0 Å². The van der Waals surface area contributed by atoms with Crippen molar-refractivity contribution in [2.45, 2.75) is 11.8 Å². The third-order valence-electron chi connectivity index (χ3n) is 3.50. The number of carbonyl (C=O) groups is 1. The second kappa shape index (κ2) is 6.50. The minimum Gasteiger partial charge on any atom is -0.325 e. The maximum absolute atomic E-state index is 12.1. The van der Waals surface area contributed by atoms with Gasteiger partial charge in [-0.3, -0.25) is 9.78 Å². The Morgan fingerprint density at radius 2 is 2.14 bits per heavy atom. The van der Waals surface area contributed by atoms with Crippen molar-refractivity contribution in [2.75, 3.05) is 12.3 Å². The minimum absolute atomic E-state index is 0.0165. The van der Waals surface area contributed by atoms with Gasteiger partial charge in [0, 0.05) is 29.5 Å². The lowest BCUT2D eigenvalue weighted by Gasteiger charge is -2.25. The molecule has 0 bridgehead atoms. The molecule has 3 nitrogen and oxygen atoms in total. The first-order valence-electron chi connectivity index (χ1n) is 6.80. The van der Waals surface area contributed by atoms with Crippen LogP contribution in [0.3, 0.4) is 0 Å². The first-order chi connectivity index (χ1) is 10.3. The van der Waals surface area contributed by atoms with Crippen LogP contribution in [0, 0.1) is 0 Å². The molecule has 0 saturated carbocycles. The number of amides is 1. The maximum atomic E-state index is 12.1. The van der Waals surface area contributed by atoms with Crippen LogP contribution in [0.5, 0.6) is 0 Å². The summed E-state index contributed by atoms with van der Waals surface area (Å²) >= 11 is 7.91. The molecule has 2 heterocycles. The molecule has 1 aliphatic rings. The fourth-order valence-corrected chi connectivity index (χ4v) is 3.98. The lowest BCUT2D eigenvalue weighted by atomic mass is 10.1. The Labute approximate surface area is 133 Å². The van der Waals surface area contributed by atoms with Crippen molar-refractivity contribution < 1.29 is 4.79 Å². The molecular weight excluding hydrogens is 304 g/mol. The molecule has 0 aliphatic carbocycles. The van der Waals surface area contributed by atoms with E-state index in [1.54, 1.807) is 18.0 Å². The van der Waals surface area contributed by atoms with Gasteiger partial charge in [0.15, 0.2) is 0 Å². The van der Waals surface area contributed by atoms with E-state index in [1.807, 2.05) is 47.5 Å². The summed E-state index contributed by atoms with van der Waals surface area (Å²) in [7, 11) is 0. The number of thioether (sulfide) groups is 1. The Kier molecular flexibility index (Phi) is 4.46. The van der Waals surface area contributed by atoms with Crippen LogP contribution in [0.25, 0.3) is 0 Å². The molecule has 1 aromatic heterocycles. The van der Waals surface area contributed by atoms with Gasteiger partial charge in [0.2, 0.25) is 5.91 Å². The van der Waals surface area contributed by atoms with Gasteiger partial charge < -0.3 is 4.90 Å². The van der Waals surface area contributed by atoms with E-state index in [1.165, 1.54) is 0 Å². The summed E-state index contributed by atoms with van der Waals surface area (Å²) in [5.41, 5.74) is 2.15. The molecule has 3 rings (SSSR count). The first-order valence-corrected chi connectivity index (χ1v) is 8.23. The van der Waals surface area contributed by atoms with Gasteiger partial charge in [-0.1, -0.05) is 35.9 Å². The molecule has 0 radical (unpaired) electrons. The molecule has 1 aromatic carbocycles. The van der Waals surface area contributed by atoms with Gasteiger partial charge in [0.05, 0.1) is 5.75 Å². The second-order valence-corrected chi connectivity index (χ2v) is 6.36. The minimum atomic E-state index is 0.0165. The molecule has 1 saturated heterocycles. The SMILES string of the molecule is O=C1CSC(c2ccccc2Cl)N1CCc1cccnc1. The molecule has 5 heteroatoms.